The first-order chi connectivity index (χ1) is 14.2. The van der Waals surface area contributed by atoms with Gasteiger partial charge in [0.15, 0.2) is 0 Å². The predicted octanol–water partition coefficient (Wildman–Crippen LogP) is 3.20. The molecule has 3 aromatic heterocycles. The van der Waals surface area contributed by atoms with Crippen LogP contribution in [0.4, 0.5) is 17.6 Å². The summed E-state index contributed by atoms with van der Waals surface area (Å²) in [4.78, 5) is 25.3. The summed E-state index contributed by atoms with van der Waals surface area (Å²) in [5.41, 5.74) is 2.50. The first kappa shape index (κ1) is 18.3. The Kier molecular flexibility index (Phi) is 5.24. The van der Waals surface area contributed by atoms with Crippen LogP contribution in [0.5, 0.6) is 0 Å². The van der Waals surface area contributed by atoms with Crippen molar-refractivity contribution in [1.82, 2.24) is 24.7 Å². The molecule has 8 nitrogen and oxygen atoms in total. The molecule has 0 atom stereocenters. The van der Waals surface area contributed by atoms with E-state index in [9.17, 15) is 4.79 Å². The van der Waals surface area contributed by atoms with Gasteiger partial charge in [-0.25, -0.2) is 15.0 Å². The fourth-order valence-electron chi connectivity index (χ4n) is 2.78. The van der Waals surface area contributed by atoms with Crippen LogP contribution >= 0.6 is 0 Å². The summed E-state index contributed by atoms with van der Waals surface area (Å²) < 4.78 is 1.70. The molecule has 0 radical (unpaired) electrons. The average molecular weight is 385 g/mol. The van der Waals surface area contributed by atoms with E-state index in [4.69, 9.17) is 0 Å². The van der Waals surface area contributed by atoms with Gasteiger partial charge >= 0.3 is 0 Å². The highest BCUT2D eigenvalue weighted by Crippen LogP contribution is 2.19. The Labute approximate surface area is 167 Å². The first-order valence-corrected chi connectivity index (χ1v) is 9.06. The molecule has 2 N–H and O–H groups in total. The second-order valence-corrected chi connectivity index (χ2v) is 6.37. The number of carbonyl (C=O) groups is 1. The van der Waals surface area contributed by atoms with Crippen molar-refractivity contribution < 1.29 is 4.79 Å². The van der Waals surface area contributed by atoms with Gasteiger partial charge in [0.05, 0.1) is 18.3 Å². The number of pyridine rings is 1. The second-order valence-electron chi connectivity index (χ2n) is 6.37. The maximum Gasteiger partial charge on any atom is 0.229 e. The molecule has 0 aliphatic carbocycles. The van der Waals surface area contributed by atoms with E-state index in [2.05, 4.69) is 30.7 Å². The fourth-order valence-corrected chi connectivity index (χ4v) is 2.78. The minimum absolute atomic E-state index is 0.110. The van der Waals surface area contributed by atoms with Crippen LogP contribution in [0.25, 0.3) is 11.3 Å². The van der Waals surface area contributed by atoms with Crippen molar-refractivity contribution in [3.05, 3.63) is 78.8 Å². The standard InChI is InChI=1S/C21H19N7O/c1-28-19(10-12-24-28)27-21-22-11-9-17(25-21)16-7-8-18(23-14-16)26-20(29)13-15-5-3-2-4-6-15/h2-12,14H,13H2,1H3,(H,22,25,27)(H,23,26,29). The number of nitrogens with one attached hydrogen (secondary N) is 2. The Bertz CT molecular complexity index is 1110. The molecular weight excluding hydrogens is 366 g/mol. The zero-order valence-corrected chi connectivity index (χ0v) is 15.8. The summed E-state index contributed by atoms with van der Waals surface area (Å²) in [6.07, 6.45) is 5.35. The smallest absolute Gasteiger partial charge is 0.229 e. The number of rotatable bonds is 6. The van der Waals surface area contributed by atoms with Crippen LogP contribution in [0.2, 0.25) is 0 Å². The Hall–Kier alpha value is -4.07. The summed E-state index contributed by atoms with van der Waals surface area (Å²) in [6.45, 7) is 0. The summed E-state index contributed by atoms with van der Waals surface area (Å²) in [7, 11) is 1.83. The van der Waals surface area contributed by atoms with Crippen molar-refractivity contribution in [2.45, 2.75) is 6.42 Å². The maximum atomic E-state index is 12.2. The third-order valence-corrected chi connectivity index (χ3v) is 4.25. The lowest BCUT2D eigenvalue weighted by Crippen LogP contribution is -2.15. The van der Waals surface area contributed by atoms with E-state index in [0.717, 1.165) is 22.6 Å². The molecule has 0 unspecified atom stereocenters. The van der Waals surface area contributed by atoms with Crippen LogP contribution in [0.15, 0.2) is 73.2 Å². The molecule has 4 aromatic rings. The molecule has 3 heterocycles. The van der Waals surface area contributed by atoms with Crippen LogP contribution in [0, 0.1) is 0 Å². The summed E-state index contributed by atoms with van der Waals surface area (Å²) in [5, 5.41) is 10.0. The molecule has 0 aliphatic rings. The lowest BCUT2D eigenvalue weighted by molar-refractivity contribution is -0.115. The molecule has 0 bridgehead atoms. The molecule has 1 aromatic carbocycles. The van der Waals surface area contributed by atoms with Gasteiger partial charge < -0.3 is 10.6 Å². The highest BCUT2D eigenvalue weighted by Gasteiger charge is 2.08. The Morgan fingerprint density at radius 3 is 2.59 bits per heavy atom. The van der Waals surface area contributed by atoms with Crippen LogP contribution < -0.4 is 10.6 Å². The van der Waals surface area contributed by atoms with E-state index in [0.29, 0.717) is 18.2 Å². The first-order valence-electron chi connectivity index (χ1n) is 9.06. The second kappa shape index (κ2) is 8.30. The van der Waals surface area contributed by atoms with Crippen molar-refractivity contribution in [2.75, 3.05) is 10.6 Å². The maximum absolute atomic E-state index is 12.2. The van der Waals surface area contributed by atoms with Crippen LogP contribution in [0.1, 0.15) is 5.56 Å². The van der Waals surface area contributed by atoms with Gasteiger partial charge in [0.2, 0.25) is 11.9 Å². The van der Waals surface area contributed by atoms with Gasteiger partial charge in [-0.2, -0.15) is 5.10 Å². The minimum Gasteiger partial charge on any atom is -0.310 e. The number of hydrogen-bond acceptors (Lipinski definition) is 6. The van der Waals surface area contributed by atoms with E-state index in [-0.39, 0.29) is 5.91 Å². The molecule has 4 rings (SSSR count). The van der Waals surface area contributed by atoms with E-state index in [1.807, 2.05) is 49.5 Å². The molecule has 29 heavy (non-hydrogen) atoms. The van der Waals surface area contributed by atoms with Crippen LogP contribution in [-0.4, -0.2) is 30.6 Å². The molecule has 0 fully saturated rings. The van der Waals surface area contributed by atoms with E-state index >= 15 is 0 Å². The largest absolute Gasteiger partial charge is 0.310 e. The van der Waals surface area contributed by atoms with Gasteiger partial charge in [-0.1, -0.05) is 30.3 Å². The highest BCUT2D eigenvalue weighted by molar-refractivity contribution is 5.91. The summed E-state index contributed by atoms with van der Waals surface area (Å²) in [6, 6.07) is 16.8. The molecule has 0 aliphatic heterocycles. The van der Waals surface area contributed by atoms with Gasteiger partial charge in [0, 0.05) is 31.1 Å². The monoisotopic (exact) mass is 385 g/mol. The SMILES string of the molecule is Cn1nccc1Nc1nccc(-c2ccc(NC(=O)Cc3ccccc3)nc2)n1. The Balaban J connectivity index is 1.43. The molecule has 0 saturated heterocycles. The summed E-state index contributed by atoms with van der Waals surface area (Å²) in [5.74, 6) is 1.64. The van der Waals surface area contributed by atoms with Gasteiger partial charge in [0.1, 0.15) is 11.6 Å². The number of nitrogens with zero attached hydrogens (tertiary/aromatic N) is 5. The quantitative estimate of drug-likeness (QED) is 0.529. The zero-order chi connectivity index (χ0) is 20.1. The number of aryl methyl sites for hydroxylation is 1. The molecular formula is C21H19N7O. The number of anilines is 3. The third-order valence-electron chi connectivity index (χ3n) is 4.25. The van der Waals surface area contributed by atoms with Gasteiger partial charge in [-0.15, -0.1) is 0 Å². The molecule has 0 spiro atoms. The number of carbonyl (C=O) groups excluding carboxylic acids is 1. The molecule has 1 amide bonds. The lowest BCUT2D eigenvalue weighted by atomic mass is 10.1. The molecule has 144 valence electrons. The number of amides is 1. The number of aromatic nitrogens is 5. The van der Waals surface area contributed by atoms with Gasteiger partial charge in [0.25, 0.3) is 0 Å². The molecule has 8 heteroatoms. The van der Waals surface area contributed by atoms with Crippen molar-refractivity contribution >= 4 is 23.5 Å². The Morgan fingerprint density at radius 2 is 1.86 bits per heavy atom. The predicted molar refractivity (Wildman–Crippen MR) is 111 cm³/mol. The van der Waals surface area contributed by atoms with Crippen molar-refractivity contribution in [3.8, 4) is 11.3 Å². The van der Waals surface area contributed by atoms with Crippen molar-refractivity contribution in [3.63, 3.8) is 0 Å². The van der Waals surface area contributed by atoms with E-state index in [1.54, 1.807) is 35.4 Å². The number of benzene rings is 1. The van der Waals surface area contributed by atoms with E-state index in [1.165, 1.54) is 0 Å². The van der Waals surface area contributed by atoms with Gasteiger partial charge in [-0.3, -0.25) is 9.48 Å². The summed E-state index contributed by atoms with van der Waals surface area (Å²) >= 11 is 0. The minimum atomic E-state index is -0.110. The molecule has 0 saturated carbocycles. The fraction of sp³-hybridized carbons (Fsp3) is 0.0952. The highest BCUT2D eigenvalue weighted by atomic mass is 16.1. The van der Waals surface area contributed by atoms with Crippen LogP contribution in [-0.2, 0) is 18.3 Å². The lowest BCUT2D eigenvalue weighted by Gasteiger charge is -2.08. The van der Waals surface area contributed by atoms with Crippen molar-refractivity contribution in [2.24, 2.45) is 7.05 Å². The van der Waals surface area contributed by atoms with Crippen LogP contribution in [0.3, 0.4) is 0 Å². The topological polar surface area (TPSA) is 97.6 Å². The van der Waals surface area contributed by atoms with Gasteiger partial charge in [-0.05, 0) is 23.8 Å². The zero-order valence-electron chi connectivity index (χ0n) is 15.8. The third kappa shape index (κ3) is 4.62. The normalized spacial score (nSPS) is 10.5. The van der Waals surface area contributed by atoms with Crippen molar-refractivity contribution in [1.29, 1.82) is 0 Å². The van der Waals surface area contributed by atoms with E-state index < -0.39 is 0 Å². The number of hydrogen-bond donors (Lipinski definition) is 2. The Morgan fingerprint density at radius 1 is 1.00 bits per heavy atom. The average Bonchev–Trinajstić information content (AvgIpc) is 3.14.